The first kappa shape index (κ1) is 9.20. The molecule has 1 aromatic heterocycles. The molecule has 0 fully saturated rings. The molecular formula is C9H7N3O3. The molecule has 15 heavy (non-hydrogen) atoms. The van der Waals surface area contributed by atoms with Crippen LogP contribution >= 0.6 is 0 Å². The molecule has 76 valence electrons. The van der Waals surface area contributed by atoms with Gasteiger partial charge in [-0.3, -0.25) is 14.4 Å². The van der Waals surface area contributed by atoms with Crippen LogP contribution in [0.1, 0.15) is 10.4 Å². The summed E-state index contributed by atoms with van der Waals surface area (Å²) in [7, 11) is 0. The molecule has 0 aliphatic heterocycles. The van der Waals surface area contributed by atoms with Crippen LogP contribution < -0.4 is 16.9 Å². The van der Waals surface area contributed by atoms with Gasteiger partial charge in [0.2, 0.25) is 5.91 Å². The van der Waals surface area contributed by atoms with Gasteiger partial charge >= 0.3 is 11.1 Å². The van der Waals surface area contributed by atoms with Gasteiger partial charge in [-0.2, -0.15) is 0 Å². The number of nitrogens with one attached hydrogen (secondary N) is 2. The summed E-state index contributed by atoms with van der Waals surface area (Å²) in [5, 5.41) is 0. The lowest BCUT2D eigenvalue weighted by Gasteiger charge is -1.98. The Morgan fingerprint density at radius 1 is 1.07 bits per heavy atom. The molecule has 0 saturated carbocycles. The summed E-state index contributed by atoms with van der Waals surface area (Å²) < 4.78 is 0. The van der Waals surface area contributed by atoms with E-state index < -0.39 is 17.0 Å². The third-order valence-electron chi connectivity index (χ3n) is 2.01. The molecule has 6 heteroatoms. The zero-order valence-corrected chi connectivity index (χ0v) is 7.53. The van der Waals surface area contributed by atoms with Crippen LogP contribution in [-0.4, -0.2) is 15.9 Å². The molecule has 0 unspecified atom stereocenters. The van der Waals surface area contributed by atoms with E-state index in [9.17, 15) is 14.4 Å². The molecule has 0 radical (unpaired) electrons. The largest absolute Gasteiger partial charge is 0.366 e. The summed E-state index contributed by atoms with van der Waals surface area (Å²) in [6.07, 6.45) is 0. The van der Waals surface area contributed by atoms with Gasteiger partial charge in [0.15, 0.2) is 0 Å². The summed E-state index contributed by atoms with van der Waals surface area (Å²) >= 11 is 0. The van der Waals surface area contributed by atoms with Gasteiger partial charge in [0.25, 0.3) is 0 Å². The summed E-state index contributed by atoms with van der Waals surface area (Å²) in [4.78, 5) is 37.5. The topological polar surface area (TPSA) is 109 Å². The second-order valence-corrected chi connectivity index (χ2v) is 3.03. The number of aromatic nitrogens is 2. The number of carbonyl (C=O) groups excluding carboxylic acids is 1. The molecule has 1 heterocycles. The van der Waals surface area contributed by atoms with Crippen molar-refractivity contribution in [3.63, 3.8) is 0 Å². The van der Waals surface area contributed by atoms with Crippen molar-refractivity contribution in [3.8, 4) is 0 Å². The normalized spacial score (nSPS) is 10.4. The van der Waals surface area contributed by atoms with E-state index in [0.717, 1.165) is 0 Å². The van der Waals surface area contributed by atoms with Crippen LogP contribution in [0.3, 0.4) is 0 Å². The van der Waals surface area contributed by atoms with Crippen molar-refractivity contribution in [1.82, 2.24) is 9.97 Å². The minimum atomic E-state index is -0.760. The molecule has 2 rings (SSSR count). The Kier molecular flexibility index (Phi) is 1.89. The fourth-order valence-corrected chi connectivity index (χ4v) is 1.27. The quantitative estimate of drug-likeness (QED) is 0.536. The molecule has 2 aromatic rings. The number of primary amides is 1. The number of benzene rings is 1. The molecule has 0 aliphatic rings. The Labute approximate surface area is 82.7 Å². The van der Waals surface area contributed by atoms with Crippen molar-refractivity contribution < 1.29 is 4.79 Å². The molecule has 0 atom stereocenters. The first-order valence-electron chi connectivity index (χ1n) is 4.14. The Morgan fingerprint density at radius 2 is 1.67 bits per heavy atom. The highest BCUT2D eigenvalue weighted by Gasteiger charge is 2.03. The average molecular weight is 205 g/mol. The third-order valence-corrected chi connectivity index (χ3v) is 2.01. The summed E-state index contributed by atoms with van der Waals surface area (Å²) in [5.41, 5.74) is 4.67. The van der Waals surface area contributed by atoms with E-state index in [4.69, 9.17) is 5.73 Å². The van der Waals surface area contributed by atoms with Crippen molar-refractivity contribution in [2.24, 2.45) is 5.73 Å². The smallest absolute Gasteiger partial charge is 0.314 e. The maximum absolute atomic E-state index is 11.0. The lowest BCUT2D eigenvalue weighted by Crippen LogP contribution is -2.29. The van der Waals surface area contributed by atoms with E-state index in [1.54, 1.807) is 0 Å². The highest BCUT2D eigenvalue weighted by molar-refractivity contribution is 5.95. The minimum absolute atomic E-state index is 0.269. The molecule has 0 bridgehead atoms. The number of H-pyrrole nitrogens is 2. The van der Waals surface area contributed by atoms with Gasteiger partial charge in [-0.1, -0.05) is 0 Å². The maximum Gasteiger partial charge on any atom is 0.314 e. The lowest BCUT2D eigenvalue weighted by atomic mass is 10.2. The lowest BCUT2D eigenvalue weighted by molar-refractivity contribution is 0.100. The first-order chi connectivity index (χ1) is 7.08. The fraction of sp³-hybridized carbons (Fsp3) is 0. The van der Waals surface area contributed by atoms with Crippen molar-refractivity contribution in [2.75, 3.05) is 0 Å². The molecule has 1 aromatic carbocycles. The Bertz CT molecular complexity index is 653. The second kappa shape index (κ2) is 3.09. The van der Waals surface area contributed by atoms with Gasteiger partial charge < -0.3 is 15.7 Å². The Morgan fingerprint density at radius 3 is 2.27 bits per heavy atom. The Hall–Kier alpha value is -2.37. The monoisotopic (exact) mass is 205 g/mol. The van der Waals surface area contributed by atoms with Crippen molar-refractivity contribution in [3.05, 3.63) is 44.5 Å². The summed E-state index contributed by atoms with van der Waals surface area (Å²) in [5.74, 6) is -0.594. The zero-order valence-electron chi connectivity index (χ0n) is 7.53. The third kappa shape index (κ3) is 1.52. The molecule has 0 saturated heterocycles. The van der Waals surface area contributed by atoms with E-state index in [1.165, 1.54) is 18.2 Å². The van der Waals surface area contributed by atoms with E-state index in [-0.39, 0.29) is 5.56 Å². The van der Waals surface area contributed by atoms with Gasteiger partial charge in [0.05, 0.1) is 11.0 Å². The minimum Gasteiger partial charge on any atom is -0.366 e. The Balaban J connectivity index is 2.83. The maximum atomic E-state index is 11.0. The van der Waals surface area contributed by atoms with Crippen LogP contribution in [0, 0.1) is 0 Å². The van der Waals surface area contributed by atoms with E-state index >= 15 is 0 Å². The van der Waals surface area contributed by atoms with Crippen LogP contribution in [-0.2, 0) is 0 Å². The van der Waals surface area contributed by atoms with Crippen molar-refractivity contribution in [1.29, 1.82) is 0 Å². The standard InChI is InChI=1S/C9H7N3O3/c10-7(13)4-1-2-5-6(3-4)12-9(15)8(14)11-5/h1-3H,(H2,10,13)(H,11,14)(H,12,15). The van der Waals surface area contributed by atoms with Gasteiger partial charge in [-0.05, 0) is 18.2 Å². The van der Waals surface area contributed by atoms with Crippen LogP contribution in [0.15, 0.2) is 27.8 Å². The number of fused-ring (bicyclic) bond motifs is 1. The highest BCUT2D eigenvalue weighted by Crippen LogP contribution is 2.08. The molecular weight excluding hydrogens is 198 g/mol. The number of amides is 1. The van der Waals surface area contributed by atoms with E-state index in [0.29, 0.717) is 11.0 Å². The van der Waals surface area contributed by atoms with E-state index in [1.807, 2.05) is 0 Å². The number of rotatable bonds is 1. The number of carbonyl (C=O) groups is 1. The molecule has 0 spiro atoms. The predicted molar refractivity (Wildman–Crippen MR) is 53.7 cm³/mol. The number of nitrogens with two attached hydrogens (primary N) is 1. The van der Waals surface area contributed by atoms with E-state index in [2.05, 4.69) is 9.97 Å². The van der Waals surface area contributed by atoms with Crippen LogP contribution in [0.4, 0.5) is 0 Å². The molecule has 0 aliphatic carbocycles. The SMILES string of the molecule is NC(=O)c1ccc2[nH]c(=O)c(=O)[nH]c2c1. The number of aromatic amines is 2. The molecule has 6 nitrogen and oxygen atoms in total. The van der Waals surface area contributed by atoms with Crippen molar-refractivity contribution >= 4 is 16.9 Å². The summed E-state index contributed by atoms with van der Waals surface area (Å²) in [6.45, 7) is 0. The van der Waals surface area contributed by atoms with Crippen LogP contribution in [0.2, 0.25) is 0 Å². The number of hydrogen-bond donors (Lipinski definition) is 3. The number of hydrogen-bond acceptors (Lipinski definition) is 3. The molecule has 1 amide bonds. The highest BCUT2D eigenvalue weighted by atomic mass is 16.2. The fourth-order valence-electron chi connectivity index (χ4n) is 1.27. The second-order valence-electron chi connectivity index (χ2n) is 3.03. The van der Waals surface area contributed by atoms with Gasteiger partial charge in [-0.25, -0.2) is 0 Å². The zero-order chi connectivity index (χ0) is 11.0. The molecule has 4 N–H and O–H groups in total. The van der Waals surface area contributed by atoms with Gasteiger partial charge in [0.1, 0.15) is 0 Å². The van der Waals surface area contributed by atoms with Crippen LogP contribution in [0.25, 0.3) is 11.0 Å². The summed E-state index contributed by atoms with van der Waals surface area (Å²) in [6, 6.07) is 4.39. The van der Waals surface area contributed by atoms with Crippen LogP contribution in [0.5, 0.6) is 0 Å². The van der Waals surface area contributed by atoms with Crippen molar-refractivity contribution in [2.45, 2.75) is 0 Å². The van der Waals surface area contributed by atoms with Gasteiger partial charge in [-0.15, -0.1) is 0 Å². The predicted octanol–water partition coefficient (Wildman–Crippen LogP) is -0.685. The first-order valence-corrected chi connectivity index (χ1v) is 4.14. The van der Waals surface area contributed by atoms with Gasteiger partial charge in [0, 0.05) is 5.56 Å². The average Bonchev–Trinajstić information content (AvgIpc) is 2.19.